The number of benzene rings is 1. The molecule has 1 aromatic carbocycles. The van der Waals surface area contributed by atoms with Crippen molar-refractivity contribution in [3.8, 4) is 0 Å². The Hall–Kier alpha value is -1.17. The van der Waals surface area contributed by atoms with E-state index in [2.05, 4.69) is 9.80 Å². The summed E-state index contributed by atoms with van der Waals surface area (Å²) >= 11 is 0. The molecule has 0 aliphatic carbocycles. The van der Waals surface area contributed by atoms with Crippen molar-refractivity contribution in [2.45, 2.75) is 26.4 Å². The van der Waals surface area contributed by atoms with Gasteiger partial charge < -0.3 is 15.1 Å². The van der Waals surface area contributed by atoms with Crippen LogP contribution >= 0.6 is 0 Å². The quantitative estimate of drug-likeness (QED) is 0.888. The fourth-order valence-electron chi connectivity index (χ4n) is 2.87. The van der Waals surface area contributed by atoms with Crippen LogP contribution in [0.4, 0.5) is 10.1 Å². The van der Waals surface area contributed by atoms with Gasteiger partial charge in [-0.25, -0.2) is 4.39 Å². The predicted octanol–water partition coefficient (Wildman–Crippen LogP) is 1.69. The molecular formula is C16H25FN2O2. The third-order valence-corrected chi connectivity index (χ3v) is 4.10. The highest BCUT2D eigenvalue weighted by Crippen LogP contribution is 2.30. The Bertz CT molecular complexity index is 480. The number of nitrogens with zero attached hydrogens (tertiary/aromatic N) is 2. The van der Waals surface area contributed by atoms with Crippen molar-refractivity contribution in [2.24, 2.45) is 0 Å². The van der Waals surface area contributed by atoms with Crippen molar-refractivity contribution < 1.29 is 14.6 Å². The van der Waals surface area contributed by atoms with Gasteiger partial charge in [-0.2, -0.15) is 0 Å². The van der Waals surface area contributed by atoms with Crippen LogP contribution in [-0.2, 0) is 0 Å². The van der Waals surface area contributed by atoms with Gasteiger partial charge in [-0.3, -0.25) is 4.90 Å². The molecule has 5 heteroatoms. The van der Waals surface area contributed by atoms with E-state index >= 15 is 0 Å². The minimum absolute atomic E-state index is 0.175. The smallest absolute Gasteiger partial charge is 0.126 e. The predicted molar refractivity (Wildman–Crippen MR) is 82.1 cm³/mol. The van der Waals surface area contributed by atoms with Gasteiger partial charge in [0.1, 0.15) is 5.82 Å². The average molecular weight is 296 g/mol. The van der Waals surface area contributed by atoms with E-state index in [-0.39, 0.29) is 12.4 Å². The van der Waals surface area contributed by atoms with Crippen molar-refractivity contribution >= 4 is 5.69 Å². The standard InChI is InChI=1S/C16H25FN2O2/c1-12-10-16(14(13(2)21)11-15(12)17)19-5-3-4-18(6-7-19)8-9-20/h10-11,13,20-21H,3-9H2,1-2H3. The van der Waals surface area contributed by atoms with Gasteiger partial charge in [-0.15, -0.1) is 0 Å². The summed E-state index contributed by atoms with van der Waals surface area (Å²) in [4.78, 5) is 4.45. The second-order valence-corrected chi connectivity index (χ2v) is 5.74. The first-order valence-electron chi connectivity index (χ1n) is 7.59. The molecule has 1 atom stereocenters. The Kier molecular flexibility index (Phi) is 5.56. The normalized spacial score (nSPS) is 18.6. The summed E-state index contributed by atoms with van der Waals surface area (Å²) in [7, 11) is 0. The zero-order valence-electron chi connectivity index (χ0n) is 12.8. The number of aryl methyl sites for hydroxylation is 1. The highest BCUT2D eigenvalue weighted by molar-refractivity contribution is 5.57. The van der Waals surface area contributed by atoms with Gasteiger partial charge in [-0.05, 0) is 44.5 Å². The number of halogens is 1. The number of hydrogen-bond acceptors (Lipinski definition) is 4. The van der Waals surface area contributed by atoms with Gasteiger partial charge in [0.15, 0.2) is 0 Å². The molecule has 1 fully saturated rings. The molecule has 0 bridgehead atoms. The molecule has 118 valence electrons. The molecule has 1 aliphatic heterocycles. The first kappa shape index (κ1) is 16.2. The lowest BCUT2D eigenvalue weighted by molar-refractivity contribution is 0.199. The lowest BCUT2D eigenvalue weighted by atomic mass is 10.0. The summed E-state index contributed by atoms with van der Waals surface area (Å²) < 4.78 is 13.8. The lowest BCUT2D eigenvalue weighted by Gasteiger charge is -2.27. The van der Waals surface area contributed by atoms with Crippen LogP contribution in [0.3, 0.4) is 0 Å². The number of hydrogen-bond donors (Lipinski definition) is 2. The summed E-state index contributed by atoms with van der Waals surface area (Å²) in [5.41, 5.74) is 2.18. The second-order valence-electron chi connectivity index (χ2n) is 5.74. The van der Waals surface area contributed by atoms with E-state index < -0.39 is 6.10 Å². The van der Waals surface area contributed by atoms with Crippen LogP contribution in [-0.4, -0.2) is 54.4 Å². The van der Waals surface area contributed by atoms with Crippen molar-refractivity contribution in [2.75, 3.05) is 44.2 Å². The molecule has 0 aromatic heterocycles. The first-order valence-corrected chi connectivity index (χ1v) is 7.59. The Labute approximate surface area is 125 Å². The average Bonchev–Trinajstić information content (AvgIpc) is 2.67. The zero-order chi connectivity index (χ0) is 15.4. The van der Waals surface area contributed by atoms with E-state index in [1.165, 1.54) is 6.07 Å². The SMILES string of the molecule is Cc1cc(N2CCCN(CCO)CC2)c(C(C)O)cc1F. The van der Waals surface area contributed by atoms with Gasteiger partial charge in [0.05, 0.1) is 12.7 Å². The maximum absolute atomic E-state index is 13.8. The van der Waals surface area contributed by atoms with Crippen LogP contribution in [0.1, 0.15) is 30.6 Å². The molecule has 1 unspecified atom stereocenters. The third-order valence-electron chi connectivity index (χ3n) is 4.10. The number of aliphatic hydroxyl groups is 2. The molecule has 4 nitrogen and oxygen atoms in total. The Balaban J connectivity index is 2.22. The van der Waals surface area contributed by atoms with Crippen LogP contribution in [0.5, 0.6) is 0 Å². The van der Waals surface area contributed by atoms with Crippen molar-refractivity contribution in [3.05, 3.63) is 29.1 Å². The van der Waals surface area contributed by atoms with E-state index in [0.717, 1.165) is 38.3 Å². The second kappa shape index (κ2) is 7.20. The molecule has 1 aliphatic rings. The molecule has 21 heavy (non-hydrogen) atoms. The molecule has 0 saturated carbocycles. The number of rotatable bonds is 4. The highest BCUT2D eigenvalue weighted by Gasteiger charge is 2.20. The fourth-order valence-corrected chi connectivity index (χ4v) is 2.87. The molecule has 2 rings (SSSR count). The summed E-state index contributed by atoms with van der Waals surface area (Å²) in [6.07, 6.45) is 0.308. The van der Waals surface area contributed by atoms with E-state index in [0.29, 0.717) is 17.7 Å². The molecule has 1 heterocycles. The highest BCUT2D eigenvalue weighted by atomic mass is 19.1. The van der Waals surface area contributed by atoms with Crippen LogP contribution in [0.2, 0.25) is 0 Å². The zero-order valence-corrected chi connectivity index (χ0v) is 12.8. The topological polar surface area (TPSA) is 46.9 Å². The summed E-state index contributed by atoms with van der Waals surface area (Å²) in [5.74, 6) is -0.272. The van der Waals surface area contributed by atoms with Gasteiger partial charge >= 0.3 is 0 Å². The number of aliphatic hydroxyl groups excluding tert-OH is 2. The third kappa shape index (κ3) is 3.93. The van der Waals surface area contributed by atoms with Crippen LogP contribution < -0.4 is 4.90 Å². The minimum atomic E-state index is -0.688. The monoisotopic (exact) mass is 296 g/mol. The van der Waals surface area contributed by atoms with Crippen LogP contribution in [0.15, 0.2) is 12.1 Å². The molecule has 0 spiro atoms. The number of anilines is 1. The largest absolute Gasteiger partial charge is 0.395 e. The fraction of sp³-hybridized carbons (Fsp3) is 0.625. The Morgan fingerprint density at radius 2 is 2.00 bits per heavy atom. The van der Waals surface area contributed by atoms with Gasteiger partial charge in [-0.1, -0.05) is 0 Å². The van der Waals surface area contributed by atoms with Gasteiger partial charge in [0.2, 0.25) is 0 Å². The van der Waals surface area contributed by atoms with E-state index in [4.69, 9.17) is 5.11 Å². The first-order chi connectivity index (χ1) is 10.0. The lowest BCUT2D eigenvalue weighted by Crippen LogP contribution is -2.33. The maximum atomic E-state index is 13.8. The van der Waals surface area contributed by atoms with Crippen molar-refractivity contribution in [1.82, 2.24) is 4.90 Å². The molecule has 0 radical (unpaired) electrons. The Morgan fingerprint density at radius 1 is 1.24 bits per heavy atom. The molecule has 1 saturated heterocycles. The van der Waals surface area contributed by atoms with Gasteiger partial charge in [0.25, 0.3) is 0 Å². The maximum Gasteiger partial charge on any atom is 0.126 e. The van der Waals surface area contributed by atoms with Crippen LogP contribution in [0, 0.1) is 12.7 Å². The molecular weight excluding hydrogens is 271 g/mol. The molecule has 0 amide bonds. The van der Waals surface area contributed by atoms with Crippen molar-refractivity contribution in [3.63, 3.8) is 0 Å². The summed E-state index contributed by atoms with van der Waals surface area (Å²) in [5, 5.41) is 19.0. The summed E-state index contributed by atoms with van der Waals surface area (Å²) in [6, 6.07) is 3.28. The molecule has 1 aromatic rings. The molecule has 2 N–H and O–H groups in total. The van der Waals surface area contributed by atoms with Crippen LogP contribution in [0.25, 0.3) is 0 Å². The van der Waals surface area contributed by atoms with E-state index in [9.17, 15) is 9.50 Å². The summed E-state index contributed by atoms with van der Waals surface area (Å²) in [6.45, 7) is 7.83. The minimum Gasteiger partial charge on any atom is -0.395 e. The Morgan fingerprint density at radius 3 is 2.67 bits per heavy atom. The van der Waals surface area contributed by atoms with E-state index in [1.807, 2.05) is 6.07 Å². The van der Waals surface area contributed by atoms with E-state index in [1.54, 1.807) is 13.8 Å². The number of β-amino-alcohol motifs (C(OH)–C–C–N with tert-alkyl or cyclic N) is 1. The van der Waals surface area contributed by atoms with Gasteiger partial charge in [0, 0.05) is 37.4 Å². The van der Waals surface area contributed by atoms with Crippen molar-refractivity contribution in [1.29, 1.82) is 0 Å².